The van der Waals surface area contributed by atoms with E-state index in [2.05, 4.69) is 34.5 Å². The number of halogens is 2. The third kappa shape index (κ3) is 4.11. The molecule has 0 bridgehead atoms. The molecule has 0 radical (unpaired) electrons. The summed E-state index contributed by atoms with van der Waals surface area (Å²) in [4.78, 5) is 37.9. The Bertz CT molecular complexity index is 1000. The average Bonchev–Trinajstić information content (AvgIpc) is 2.66. The molecule has 0 unspecified atom stereocenters. The van der Waals surface area contributed by atoms with Crippen molar-refractivity contribution in [2.45, 2.75) is 0 Å². The number of imide groups is 2. The first-order chi connectivity index (χ1) is 13.4. The number of hydrogen-bond donors (Lipinski definition) is 1. The molecule has 1 heterocycles. The zero-order valence-corrected chi connectivity index (χ0v) is 16.6. The Hall–Kier alpha value is -3.01. The first kappa shape index (κ1) is 19.7. The zero-order valence-electron chi connectivity index (χ0n) is 14.4. The number of benzene rings is 2. The van der Waals surface area contributed by atoms with E-state index in [0.717, 1.165) is 20.6 Å². The van der Waals surface area contributed by atoms with E-state index in [1.807, 2.05) is 0 Å². The second-order valence-electron chi connectivity index (χ2n) is 5.72. The molecule has 1 aliphatic heterocycles. The Morgan fingerprint density at radius 3 is 2.50 bits per heavy atom. The molecule has 1 saturated heterocycles. The smallest absolute Gasteiger partial charge is 0.335 e. The van der Waals surface area contributed by atoms with E-state index in [0.29, 0.717) is 17.9 Å². The molecule has 1 N–H and O–H groups in total. The van der Waals surface area contributed by atoms with Gasteiger partial charge in [0.1, 0.15) is 23.7 Å². The number of nitrogens with one attached hydrogen (secondary N) is 1. The molecule has 8 heteroatoms. The van der Waals surface area contributed by atoms with E-state index in [1.54, 1.807) is 24.3 Å². The molecule has 3 rings (SSSR count). The zero-order chi connectivity index (χ0) is 20.3. The number of urea groups is 1. The molecule has 6 nitrogen and oxygen atoms in total. The van der Waals surface area contributed by atoms with E-state index in [4.69, 9.17) is 4.74 Å². The minimum atomic E-state index is -0.887. The van der Waals surface area contributed by atoms with Crippen LogP contribution in [-0.4, -0.2) is 24.5 Å². The maximum atomic E-state index is 13.1. The molecule has 1 aliphatic rings. The molecule has 0 aliphatic carbocycles. The minimum absolute atomic E-state index is 0.157. The van der Waals surface area contributed by atoms with Crippen LogP contribution in [0.15, 0.2) is 60.7 Å². The van der Waals surface area contributed by atoms with Crippen LogP contribution >= 0.6 is 22.6 Å². The summed E-state index contributed by atoms with van der Waals surface area (Å²) in [7, 11) is 0. The van der Waals surface area contributed by atoms with Crippen LogP contribution < -0.4 is 15.0 Å². The molecular weight excluding hydrogens is 478 g/mol. The highest BCUT2D eigenvalue weighted by atomic mass is 127. The Labute approximate surface area is 173 Å². The maximum absolute atomic E-state index is 13.1. The Morgan fingerprint density at radius 1 is 1.14 bits per heavy atom. The number of nitrogens with zero attached hydrogens (tertiary/aromatic N) is 1. The number of rotatable bonds is 5. The van der Waals surface area contributed by atoms with Gasteiger partial charge >= 0.3 is 6.03 Å². The number of carbonyl (C=O) groups excluding carboxylic acids is 3. The van der Waals surface area contributed by atoms with Gasteiger partial charge in [-0.25, -0.2) is 14.1 Å². The maximum Gasteiger partial charge on any atom is 0.335 e. The van der Waals surface area contributed by atoms with Crippen LogP contribution in [0.1, 0.15) is 5.56 Å². The van der Waals surface area contributed by atoms with Crippen molar-refractivity contribution in [1.82, 2.24) is 5.32 Å². The van der Waals surface area contributed by atoms with Crippen molar-refractivity contribution in [3.05, 3.63) is 75.6 Å². The van der Waals surface area contributed by atoms with Crippen LogP contribution in [0.5, 0.6) is 5.75 Å². The Kier molecular flexibility index (Phi) is 5.88. The third-order valence-electron chi connectivity index (χ3n) is 3.81. The Morgan fingerprint density at radius 2 is 1.86 bits per heavy atom. The molecule has 0 aromatic heterocycles. The van der Waals surface area contributed by atoms with Gasteiger partial charge in [-0.15, -0.1) is 0 Å². The highest BCUT2D eigenvalue weighted by Crippen LogP contribution is 2.25. The van der Waals surface area contributed by atoms with E-state index in [-0.39, 0.29) is 11.3 Å². The van der Waals surface area contributed by atoms with Crippen LogP contribution in [0, 0.1) is 9.39 Å². The highest BCUT2D eigenvalue weighted by Gasteiger charge is 2.36. The predicted molar refractivity (Wildman–Crippen MR) is 110 cm³/mol. The molecule has 0 atom stereocenters. The van der Waals surface area contributed by atoms with Crippen molar-refractivity contribution >= 4 is 52.2 Å². The summed E-state index contributed by atoms with van der Waals surface area (Å²) in [6.07, 6.45) is 3.01. The van der Waals surface area contributed by atoms with Crippen LogP contribution in [-0.2, 0) is 9.59 Å². The van der Waals surface area contributed by atoms with Gasteiger partial charge in [0.05, 0.1) is 9.26 Å². The SMILES string of the molecule is C=CCOc1ccc(/C=C2\C(=O)NC(=O)N(c3ccc(F)cc3)C2=O)cc1I. The molecule has 2 aromatic carbocycles. The standard InChI is InChI=1S/C20H14FIN2O4/c1-2-9-28-17-8-3-12(11-16(17)22)10-15-18(25)23-20(27)24(19(15)26)14-6-4-13(21)5-7-14/h2-8,10-11H,1,9H2,(H,23,25,27)/b15-10+. The summed E-state index contributed by atoms with van der Waals surface area (Å²) in [5.74, 6) is -1.45. The van der Waals surface area contributed by atoms with Crippen molar-refractivity contribution in [3.8, 4) is 5.75 Å². The molecule has 142 valence electrons. The van der Waals surface area contributed by atoms with Crippen molar-refractivity contribution in [2.24, 2.45) is 0 Å². The fraction of sp³-hybridized carbons (Fsp3) is 0.0500. The summed E-state index contributed by atoms with van der Waals surface area (Å²) in [6.45, 7) is 3.94. The molecule has 0 spiro atoms. The Balaban J connectivity index is 1.93. The fourth-order valence-electron chi connectivity index (χ4n) is 2.52. The van der Waals surface area contributed by atoms with Gasteiger partial charge in [-0.2, -0.15) is 0 Å². The molecule has 1 fully saturated rings. The monoisotopic (exact) mass is 492 g/mol. The van der Waals surface area contributed by atoms with E-state index in [9.17, 15) is 18.8 Å². The van der Waals surface area contributed by atoms with Crippen LogP contribution in [0.25, 0.3) is 6.08 Å². The molecule has 0 saturated carbocycles. The first-order valence-electron chi connectivity index (χ1n) is 8.11. The lowest BCUT2D eigenvalue weighted by Gasteiger charge is -2.26. The number of hydrogen-bond acceptors (Lipinski definition) is 4. The van der Waals surface area contributed by atoms with Crippen LogP contribution in [0.2, 0.25) is 0 Å². The van der Waals surface area contributed by atoms with E-state index < -0.39 is 23.7 Å². The second kappa shape index (κ2) is 8.34. The minimum Gasteiger partial charge on any atom is -0.488 e. The topological polar surface area (TPSA) is 75.7 Å². The predicted octanol–water partition coefficient (Wildman–Crippen LogP) is 3.66. The van der Waals surface area contributed by atoms with Gasteiger partial charge in [-0.1, -0.05) is 18.7 Å². The lowest BCUT2D eigenvalue weighted by atomic mass is 10.1. The molecular formula is C20H14FIN2O4. The van der Waals surface area contributed by atoms with E-state index in [1.165, 1.54) is 18.2 Å². The molecule has 28 heavy (non-hydrogen) atoms. The van der Waals surface area contributed by atoms with Crippen LogP contribution in [0.3, 0.4) is 0 Å². The second-order valence-corrected chi connectivity index (χ2v) is 6.89. The number of barbiturate groups is 1. The lowest BCUT2D eigenvalue weighted by molar-refractivity contribution is -0.122. The van der Waals surface area contributed by atoms with Gasteiger partial charge in [-0.05, 0) is 70.6 Å². The third-order valence-corrected chi connectivity index (χ3v) is 4.65. The normalized spacial score (nSPS) is 15.6. The van der Waals surface area contributed by atoms with Gasteiger partial charge in [0, 0.05) is 0 Å². The highest BCUT2D eigenvalue weighted by molar-refractivity contribution is 14.1. The van der Waals surface area contributed by atoms with Crippen molar-refractivity contribution in [2.75, 3.05) is 11.5 Å². The number of carbonyl (C=O) groups is 3. The van der Waals surface area contributed by atoms with Crippen molar-refractivity contribution in [3.63, 3.8) is 0 Å². The van der Waals surface area contributed by atoms with E-state index >= 15 is 0 Å². The number of amides is 4. The van der Waals surface area contributed by atoms with Gasteiger partial charge in [0.2, 0.25) is 0 Å². The molecule has 2 aromatic rings. The summed E-state index contributed by atoms with van der Waals surface area (Å²) in [5, 5.41) is 2.12. The number of ether oxygens (including phenoxy) is 1. The van der Waals surface area contributed by atoms with Gasteiger partial charge in [0.15, 0.2) is 0 Å². The summed E-state index contributed by atoms with van der Waals surface area (Å²) >= 11 is 2.08. The van der Waals surface area contributed by atoms with Crippen molar-refractivity contribution < 1.29 is 23.5 Å². The largest absolute Gasteiger partial charge is 0.488 e. The lowest BCUT2D eigenvalue weighted by Crippen LogP contribution is -2.54. The summed E-state index contributed by atoms with van der Waals surface area (Å²) in [6, 6.07) is 9.08. The number of anilines is 1. The van der Waals surface area contributed by atoms with Crippen LogP contribution in [0.4, 0.5) is 14.9 Å². The summed E-state index contributed by atoms with van der Waals surface area (Å²) in [5.41, 5.74) is 0.534. The fourth-order valence-corrected chi connectivity index (χ4v) is 3.22. The van der Waals surface area contributed by atoms with Gasteiger partial charge in [-0.3, -0.25) is 14.9 Å². The average molecular weight is 492 g/mol. The van der Waals surface area contributed by atoms with Gasteiger partial charge < -0.3 is 4.74 Å². The van der Waals surface area contributed by atoms with Crippen molar-refractivity contribution in [1.29, 1.82) is 0 Å². The summed E-state index contributed by atoms with van der Waals surface area (Å²) < 4.78 is 19.4. The molecule has 4 amide bonds. The quantitative estimate of drug-likeness (QED) is 0.299. The first-order valence-corrected chi connectivity index (χ1v) is 9.19. The van der Waals surface area contributed by atoms with Gasteiger partial charge in [0.25, 0.3) is 11.8 Å².